The molecule has 0 N–H and O–H groups in total. The van der Waals surface area contributed by atoms with E-state index in [4.69, 9.17) is 18.9 Å². The third-order valence-electron chi connectivity index (χ3n) is 8.06. The molecule has 5 heteroatoms. The molecule has 0 aromatic heterocycles. The first-order valence-electron chi connectivity index (χ1n) is 10.6. The van der Waals surface area contributed by atoms with E-state index in [2.05, 4.69) is 13.0 Å². The van der Waals surface area contributed by atoms with E-state index in [0.29, 0.717) is 29.3 Å². The van der Waals surface area contributed by atoms with Gasteiger partial charge in [0.2, 0.25) is 0 Å². The van der Waals surface area contributed by atoms with Crippen molar-refractivity contribution in [2.75, 3.05) is 20.3 Å². The van der Waals surface area contributed by atoms with E-state index < -0.39 is 0 Å². The zero-order valence-corrected chi connectivity index (χ0v) is 17.1. The van der Waals surface area contributed by atoms with Crippen LogP contribution in [0, 0.1) is 17.3 Å². The van der Waals surface area contributed by atoms with E-state index in [1.165, 1.54) is 30.9 Å². The molecule has 3 aliphatic carbocycles. The molecule has 3 fully saturated rings. The molecule has 152 valence electrons. The largest absolute Gasteiger partial charge is 0.493 e. The predicted molar refractivity (Wildman–Crippen MR) is 104 cm³/mol. The summed E-state index contributed by atoms with van der Waals surface area (Å²) < 4.78 is 23.4. The first-order chi connectivity index (χ1) is 13.5. The van der Waals surface area contributed by atoms with Crippen LogP contribution < -0.4 is 9.47 Å². The Morgan fingerprint density at radius 1 is 1.11 bits per heavy atom. The van der Waals surface area contributed by atoms with Crippen molar-refractivity contribution in [1.29, 1.82) is 0 Å². The second-order valence-corrected chi connectivity index (χ2v) is 9.16. The van der Waals surface area contributed by atoms with Crippen LogP contribution >= 0.6 is 0 Å². The van der Waals surface area contributed by atoms with E-state index in [-0.39, 0.29) is 17.2 Å². The van der Waals surface area contributed by atoms with E-state index in [9.17, 15) is 4.79 Å². The fourth-order valence-electron chi connectivity index (χ4n) is 6.86. The van der Waals surface area contributed by atoms with Crippen molar-refractivity contribution in [3.8, 4) is 11.5 Å². The van der Waals surface area contributed by atoms with Gasteiger partial charge < -0.3 is 18.9 Å². The van der Waals surface area contributed by atoms with Gasteiger partial charge in [-0.25, -0.2) is 0 Å². The average molecular weight is 386 g/mol. The molecule has 4 atom stereocenters. The van der Waals surface area contributed by atoms with Gasteiger partial charge in [0, 0.05) is 18.8 Å². The van der Waals surface area contributed by atoms with Crippen LogP contribution in [0.25, 0.3) is 0 Å². The number of rotatable bonds is 2. The second kappa shape index (κ2) is 6.46. The molecule has 1 spiro atoms. The summed E-state index contributed by atoms with van der Waals surface area (Å²) in [7, 11) is 1.64. The Morgan fingerprint density at radius 3 is 2.61 bits per heavy atom. The Morgan fingerprint density at radius 2 is 1.89 bits per heavy atom. The van der Waals surface area contributed by atoms with Gasteiger partial charge in [0.25, 0.3) is 0 Å². The number of carbonyl (C=O) groups is 1. The lowest BCUT2D eigenvalue weighted by Crippen LogP contribution is -2.51. The van der Waals surface area contributed by atoms with E-state index in [1.54, 1.807) is 7.11 Å². The Bertz CT molecular complexity index is 796. The summed E-state index contributed by atoms with van der Waals surface area (Å²) in [5.41, 5.74) is 2.81. The van der Waals surface area contributed by atoms with Crippen molar-refractivity contribution in [2.24, 2.45) is 17.3 Å². The van der Waals surface area contributed by atoms with E-state index in [1.807, 2.05) is 6.07 Å². The maximum Gasteiger partial charge on any atom is 0.308 e. The van der Waals surface area contributed by atoms with Gasteiger partial charge in [-0.3, -0.25) is 4.79 Å². The Kier molecular flexibility index (Phi) is 4.25. The first kappa shape index (κ1) is 18.4. The van der Waals surface area contributed by atoms with Crippen molar-refractivity contribution < 1.29 is 23.7 Å². The number of esters is 1. The second-order valence-electron chi connectivity index (χ2n) is 9.16. The average Bonchev–Trinajstić information content (AvgIpc) is 3.27. The lowest BCUT2D eigenvalue weighted by molar-refractivity contribution is -0.237. The highest BCUT2D eigenvalue weighted by Crippen LogP contribution is 2.66. The standard InChI is InChI=1S/C23H30O5/c1-14(24)28-21-12-15-4-5-17-16(18(15)13-20(21)25-3)6-8-22(2)19(17)7-9-23(22)26-10-11-27-23/h12-13,16-17,19H,4-11H2,1-3H3/t16-,17+,19-,22-/m0/s1. The quantitative estimate of drug-likeness (QED) is 0.563. The van der Waals surface area contributed by atoms with Crippen molar-refractivity contribution in [1.82, 2.24) is 0 Å². The molecule has 4 aliphatic rings. The molecule has 0 unspecified atom stereocenters. The minimum Gasteiger partial charge on any atom is -0.493 e. The molecule has 0 amide bonds. The van der Waals surface area contributed by atoms with Crippen molar-refractivity contribution in [3.05, 3.63) is 23.3 Å². The molecule has 1 aromatic carbocycles. The summed E-state index contributed by atoms with van der Waals surface area (Å²) in [6.45, 7) is 5.30. The highest BCUT2D eigenvalue weighted by atomic mass is 16.7. The third-order valence-corrected chi connectivity index (χ3v) is 8.06. The fraction of sp³-hybridized carbons (Fsp3) is 0.696. The maximum absolute atomic E-state index is 11.5. The summed E-state index contributed by atoms with van der Waals surface area (Å²) in [6.07, 6.45) is 6.70. The number of methoxy groups -OCH3 is 1. The smallest absolute Gasteiger partial charge is 0.308 e. The molecule has 0 radical (unpaired) electrons. The Hall–Kier alpha value is -1.59. The van der Waals surface area contributed by atoms with Gasteiger partial charge in [0.05, 0.1) is 20.3 Å². The van der Waals surface area contributed by atoms with Crippen LogP contribution in [0.4, 0.5) is 0 Å². The summed E-state index contributed by atoms with van der Waals surface area (Å²) >= 11 is 0. The van der Waals surface area contributed by atoms with E-state index in [0.717, 1.165) is 38.9 Å². The minimum absolute atomic E-state index is 0.115. The lowest BCUT2D eigenvalue weighted by Gasteiger charge is -2.52. The zero-order valence-electron chi connectivity index (χ0n) is 17.1. The molecular formula is C23H30O5. The van der Waals surface area contributed by atoms with Crippen LogP contribution in [0.15, 0.2) is 12.1 Å². The topological polar surface area (TPSA) is 54.0 Å². The monoisotopic (exact) mass is 386 g/mol. The SMILES string of the molecule is COc1cc2c(cc1OC(C)=O)CC[C@@H]1[C@@H]2CC[C@@]2(C)[C@H]1CCC21OCCO1. The number of benzene rings is 1. The molecule has 1 aliphatic heterocycles. The van der Waals surface area contributed by atoms with Crippen LogP contribution in [0.2, 0.25) is 0 Å². The molecule has 0 bridgehead atoms. The molecule has 1 saturated heterocycles. The minimum atomic E-state index is -0.347. The van der Waals surface area contributed by atoms with Gasteiger partial charge >= 0.3 is 5.97 Å². The summed E-state index contributed by atoms with van der Waals surface area (Å²) in [4.78, 5) is 11.5. The molecule has 5 nitrogen and oxygen atoms in total. The van der Waals surface area contributed by atoms with Gasteiger partial charge in [-0.05, 0) is 73.1 Å². The normalized spacial score (nSPS) is 35.2. The van der Waals surface area contributed by atoms with Crippen LogP contribution in [0.3, 0.4) is 0 Å². The highest BCUT2D eigenvalue weighted by molar-refractivity contribution is 5.71. The van der Waals surface area contributed by atoms with Gasteiger partial charge in [0.1, 0.15) is 0 Å². The highest BCUT2D eigenvalue weighted by Gasteiger charge is 2.65. The third kappa shape index (κ3) is 2.48. The number of ether oxygens (including phenoxy) is 4. The first-order valence-corrected chi connectivity index (χ1v) is 10.6. The van der Waals surface area contributed by atoms with E-state index >= 15 is 0 Å². The van der Waals surface area contributed by atoms with Gasteiger partial charge in [-0.2, -0.15) is 0 Å². The number of aryl methyl sites for hydroxylation is 1. The van der Waals surface area contributed by atoms with Gasteiger partial charge in [0.15, 0.2) is 17.3 Å². The van der Waals surface area contributed by atoms with Crippen molar-refractivity contribution in [2.45, 2.75) is 64.1 Å². The molecular weight excluding hydrogens is 356 g/mol. The summed E-state index contributed by atoms with van der Waals surface area (Å²) in [5.74, 6) is 2.37. The van der Waals surface area contributed by atoms with Gasteiger partial charge in [-0.1, -0.05) is 6.92 Å². The molecule has 5 rings (SSSR count). The van der Waals surface area contributed by atoms with Crippen LogP contribution in [0.1, 0.15) is 63.0 Å². The predicted octanol–water partition coefficient (Wildman–Crippen LogP) is 4.22. The molecule has 1 heterocycles. The zero-order chi connectivity index (χ0) is 19.5. The number of hydrogen-bond acceptors (Lipinski definition) is 5. The number of fused-ring (bicyclic) bond motifs is 6. The van der Waals surface area contributed by atoms with Crippen molar-refractivity contribution >= 4 is 5.97 Å². The summed E-state index contributed by atoms with van der Waals surface area (Å²) in [6, 6.07) is 4.15. The van der Waals surface area contributed by atoms with Gasteiger partial charge in [-0.15, -0.1) is 0 Å². The van der Waals surface area contributed by atoms with Crippen molar-refractivity contribution in [3.63, 3.8) is 0 Å². The van der Waals surface area contributed by atoms with Crippen LogP contribution in [-0.4, -0.2) is 32.1 Å². The maximum atomic E-state index is 11.5. The number of carbonyl (C=O) groups excluding carboxylic acids is 1. The molecule has 1 aromatic rings. The Labute approximate surface area is 166 Å². The van der Waals surface area contributed by atoms with Crippen LogP contribution in [0.5, 0.6) is 11.5 Å². The fourth-order valence-corrected chi connectivity index (χ4v) is 6.86. The summed E-state index contributed by atoms with van der Waals surface area (Å²) in [5, 5.41) is 0. The lowest BCUT2D eigenvalue weighted by atomic mass is 9.55. The van der Waals surface area contributed by atoms with Crippen LogP contribution in [-0.2, 0) is 20.7 Å². The molecule has 28 heavy (non-hydrogen) atoms. The Balaban J connectivity index is 1.48. The molecule has 2 saturated carbocycles. The number of hydrogen-bond donors (Lipinski definition) is 0.